The van der Waals surface area contributed by atoms with Crippen molar-refractivity contribution >= 4 is 0 Å². The van der Waals surface area contributed by atoms with Gasteiger partial charge in [0.25, 0.3) is 0 Å². The number of hydrogen-bond acceptors (Lipinski definition) is 1. The lowest BCUT2D eigenvalue weighted by Gasteiger charge is -2.00. The van der Waals surface area contributed by atoms with E-state index in [1.54, 1.807) is 6.20 Å². The third-order valence-corrected chi connectivity index (χ3v) is 1.58. The molecule has 0 aliphatic carbocycles. The molecule has 1 heterocycles. The fourth-order valence-electron chi connectivity index (χ4n) is 1.05. The van der Waals surface area contributed by atoms with Crippen LogP contribution in [0.2, 0.25) is 0 Å². The second-order valence-electron chi connectivity index (χ2n) is 2.52. The molecule has 2 nitrogen and oxygen atoms in total. The number of aromatic nitrogens is 2. The maximum absolute atomic E-state index is 12.7. The maximum Gasteiger partial charge on any atom is 0.181 e. The third kappa shape index (κ3) is 1.56. The lowest BCUT2D eigenvalue weighted by atomic mass is 10.3. The minimum Gasteiger partial charge on any atom is -0.297 e. The van der Waals surface area contributed by atoms with E-state index in [0.29, 0.717) is 5.69 Å². The predicted octanol–water partition coefficient (Wildman–Crippen LogP) is 1.95. The van der Waals surface area contributed by atoms with Gasteiger partial charge < -0.3 is 0 Å². The summed E-state index contributed by atoms with van der Waals surface area (Å²) in [6, 6.07) is 3.24. The zero-order chi connectivity index (χ0) is 9.26. The van der Waals surface area contributed by atoms with Crippen LogP contribution in [0.4, 0.5) is 8.78 Å². The number of halogens is 2. The SMILES string of the molecule is Fc1cc(F)cc(-n2[c]ncc2)c1. The van der Waals surface area contributed by atoms with Crippen LogP contribution in [0.3, 0.4) is 0 Å². The van der Waals surface area contributed by atoms with Crippen LogP contribution < -0.4 is 0 Å². The molecule has 4 heteroatoms. The second kappa shape index (κ2) is 2.97. The third-order valence-electron chi connectivity index (χ3n) is 1.58. The van der Waals surface area contributed by atoms with Crippen molar-refractivity contribution in [3.8, 4) is 5.69 Å². The van der Waals surface area contributed by atoms with Gasteiger partial charge in [0, 0.05) is 18.5 Å². The van der Waals surface area contributed by atoms with Gasteiger partial charge in [0.1, 0.15) is 11.6 Å². The van der Waals surface area contributed by atoms with Gasteiger partial charge in [-0.25, -0.2) is 13.8 Å². The van der Waals surface area contributed by atoms with Crippen LogP contribution in [0.25, 0.3) is 5.69 Å². The van der Waals surface area contributed by atoms with E-state index in [-0.39, 0.29) is 0 Å². The molecule has 13 heavy (non-hydrogen) atoms. The Balaban J connectivity index is 2.53. The van der Waals surface area contributed by atoms with Gasteiger partial charge in [-0.3, -0.25) is 4.57 Å². The van der Waals surface area contributed by atoms with E-state index >= 15 is 0 Å². The predicted molar refractivity (Wildman–Crippen MR) is 42.3 cm³/mol. The molecule has 0 spiro atoms. The van der Waals surface area contributed by atoms with Crippen molar-refractivity contribution in [2.24, 2.45) is 0 Å². The van der Waals surface area contributed by atoms with E-state index in [1.165, 1.54) is 22.9 Å². The number of benzene rings is 1. The Morgan fingerprint density at radius 1 is 1.15 bits per heavy atom. The number of rotatable bonds is 1. The van der Waals surface area contributed by atoms with Gasteiger partial charge >= 0.3 is 0 Å². The fourth-order valence-corrected chi connectivity index (χ4v) is 1.05. The summed E-state index contributed by atoms with van der Waals surface area (Å²) < 4.78 is 26.9. The zero-order valence-electron chi connectivity index (χ0n) is 6.54. The quantitative estimate of drug-likeness (QED) is 0.654. The molecule has 0 saturated carbocycles. The van der Waals surface area contributed by atoms with E-state index in [0.717, 1.165) is 6.07 Å². The Hall–Kier alpha value is -1.71. The van der Waals surface area contributed by atoms with Crippen molar-refractivity contribution in [2.75, 3.05) is 0 Å². The Morgan fingerprint density at radius 3 is 2.38 bits per heavy atom. The van der Waals surface area contributed by atoms with Crippen LogP contribution >= 0.6 is 0 Å². The minimum absolute atomic E-state index is 0.370. The van der Waals surface area contributed by atoms with Crippen LogP contribution in [-0.2, 0) is 0 Å². The van der Waals surface area contributed by atoms with Gasteiger partial charge in [-0.1, -0.05) is 0 Å². The van der Waals surface area contributed by atoms with Gasteiger partial charge in [-0.05, 0) is 12.1 Å². The van der Waals surface area contributed by atoms with E-state index in [4.69, 9.17) is 0 Å². The van der Waals surface area contributed by atoms with Crippen molar-refractivity contribution < 1.29 is 8.78 Å². The topological polar surface area (TPSA) is 17.8 Å². The summed E-state index contributed by atoms with van der Waals surface area (Å²) in [6.45, 7) is 0. The van der Waals surface area contributed by atoms with Crippen molar-refractivity contribution in [2.45, 2.75) is 0 Å². The first-order valence-corrected chi connectivity index (χ1v) is 3.63. The van der Waals surface area contributed by atoms with Gasteiger partial charge in [0.2, 0.25) is 0 Å². The molecular weight excluding hydrogens is 174 g/mol. The molecule has 1 radical (unpaired) electrons. The molecule has 0 N–H and O–H groups in total. The molecule has 2 aromatic rings. The second-order valence-corrected chi connectivity index (χ2v) is 2.52. The fraction of sp³-hybridized carbons (Fsp3) is 0. The first kappa shape index (κ1) is 7.91. The Kier molecular flexibility index (Phi) is 1.81. The van der Waals surface area contributed by atoms with Gasteiger partial charge in [0.15, 0.2) is 6.33 Å². The lowest BCUT2D eigenvalue weighted by Crippen LogP contribution is -1.92. The normalized spacial score (nSPS) is 10.3. The van der Waals surface area contributed by atoms with Crippen LogP contribution in [0.5, 0.6) is 0 Å². The molecule has 0 saturated heterocycles. The van der Waals surface area contributed by atoms with Crippen molar-refractivity contribution in [3.63, 3.8) is 0 Å². The molecule has 0 aliphatic rings. The highest BCUT2D eigenvalue weighted by atomic mass is 19.1. The van der Waals surface area contributed by atoms with Gasteiger partial charge in [0.05, 0.1) is 5.69 Å². The van der Waals surface area contributed by atoms with Crippen LogP contribution in [0, 0.1) is 18.0 Å². The molecule has 0 fully saturated rings. The van der Waals surface area contributed by atoms with E-state index in [1.807, 2.05) is 0 Å². The first-order valence-electron chi connectivity index (χ1n) is 3.63. The smallest absolute Gasteiger partial charge is 0.181 e. The molecule has 0 aliphatic heterocycles. The van der Waals surface area contributed by atoms with Crippen LogP contribution in [0.1, 0.15) is 0 Å². The Bertz CT molecular complexity index is 389. The summed E-state index contributed by atoms with van der Waals surface area (Å²) >= 11 is 0. The highest BCUT2D eigenvalue weighted by molar-refractivity contribution is 5.32. The average molecular weight is 179 g/mol. The highest BCUT2D eigenvalue weighted by Crippen LogP contribution is 2.11. The summed E-state index contributed by atoms with van der Waals surface area (Å²) in [7, 11) is 0. The maximum atomic E-state index is 12.7. The lowest BCUT2D eigenvalue weighted by molar-refractivity contribution is 0.581. The summed E-state index contributed by atoms with van der Waals surface area (Å²) in [4.78, 5) is 3.65. The highest BCUT2D eigenvalue weighted by Gasteiger charge is 2.01. The molecule has 0 atom stereocenters. The zero-order valence-corrected chi connectivity index (χ0v) is 6.54. The van der Waals surface area contributed by atoms with Gasteiger partial charge in [-0.15, -0.1) is 0 Å². The molecule has 2 rings (SSSR count). The standard InChI is InChI=1S/C9H5F2N2/c10-7-3-8(11)5-9(4-7)13-2-1-12-6-13/h1-5H. The molecule has 65 valence electrons. The minimum atomic E-state index is -0.614. The van der Waals surface area contributed by atoms with Crippen molar-refractivity contribution in [3.05, 3.63) is 48.6 Å². The molecule has 0 bridgehead atoms. The summed E-state index contributed by atoms with van der Waals surface area (Å²) in [5, 5.41) is 0. The van der Waals surface area contributed by atoms with Crippen molar-refractivity contribution in [1.82, 2.24) is 9.55 Å². The Labute approximate surface area is 73.5 Å². The van der Waals surface area contributed by atoms with E-state index < -0.39 is 11.6 Å². The monoisotopic (exact) mass is 179 g/mol. The molecule has 1 aromatic heterocycles. The molecule has 1 aromatic carbocycles. The summed E-state index contributed by atoms with van der Waals surface area (Å²) in [6.07, 6.45) is 5.59. The molecule has 0 unspecified atom stereocenters. The summed E-state index contributed by atoms with van der Waals surface area (Å²) in [5.41, 5.74) is 0.370. The molecular formula is C9H5F2N2. The number of nitrogens with zero attached hydrogens (tertiary/aromatic N) is 2. The van der Waals surface area contributed by atoms with Crippen molar-refractivity contribution in [1.29, 1.82) is 0 Å². The summed E-state index contributed by atoms with van der Waals surface area (Å²) in [5.74, 6) is -1.23. The first-order chi connectivity index (χ1) is 6.25. The van der Waals surface area contributed by atoms with E-state index in [2.05, 4.69) is 11.3 Å². The average Bonchev–Trinajstić information content (AvgIpc) is 2.53. The Morgan fingerprint density at radius 2 is 1.85 bits per heavy atom. The van der Waals surface area contributed by atoms with Gasteiger partial charge in [-0.2, -0.15) is 0 Å². The van der Waals surface area contributed by atoms with E-state index in [9.17, 15) is 8.78 Å². The molecule has 0 amide bonds. The number of hydrogen-bond donors (Lipinski definition) is 0. The van der Waals surface area contributed by atoms with Crippen LogP contribution in [-0.4, -0.2) is 9.55 Å². The largest absolute Gasteiger partial charge is 0.297 e. The van der Waals surface area contributed by atoms with Crippen LogP contribution in [0.15, 0.2) is 30.6 Å². The number of imidazole rings is 1.